The molecule has 1 unspecified atom stereocenters. The van der Waals surface area contributed by atoms with Gasteiger partial charge in [0.25, 0.3) is 0 Å². The lowest BCUT2D eigenvalue weighted by atomic mass is 9.83. The van der Waals surface area contributed by atoms with Crippen LogP contribution in [0.5, 0.6) is 0 Å². The zero-order valence-corrected chi connectivity index (χ0v) is 12.5. The molecule has 2 fully saturated rings. The van der Waals surface area contributed by atoms with Crippen LogP contribution in [0.25, 0.3) is 0 Å². The van der Waals surface area contributed by atoms with Gasteiger partial charge >= 0.3 is 0 Å². The number of nitrogens with zero attached hydrogens (tertiary/aromatic N) is 1. The van der Waals surface area contributed by atoms with Crippen LogP contribution in [0.1, 0.15) is 30.4 Å². The standard InChI is InChI=1S/C17H16N2O4/c20-13-6-5-12(15(22)18-13)19-14(21)9-17(16(19)23)7-10-3-1-2-4-11(10)8-17/h1-4,12H,5-9H2,(H,18,20,22). The highest BCUT2D eigenvalue weighted by Crippen LogP contribution is 2.46. The van der Waals surface area contributed by atoms with E-state index in [1.807, 2.05) is 24.3 Å². The van der Waals surface area contributed by atoms with E-state index >= 15 is 0 Å². The van der Waals surface area contributed by atoms with Gasteiger partial charge in [0.15, 0.2) is 0 Å². The smallest absolute Gasteiger partial charge is 0.249 e. The predicted molar refractivity (Wildman–Crippen MR) is 78.9 cm³/mol. The molecule has 1 aromatic rings. The average molecular weight is 312 g/mol. The lowest BCUT2D eigenvalue weighted by Gasteiger charge is -2.29. The first-order valence-corrected chi connectivity index (χ1v) is 7.77. The van der Waals surface area contributed by atoms with E-state index in [1.54, 1.807) is 0 Å². The molecule has 0 radical (unpaired) electrons. The van der Waals surface area contributed by atoms with Crippen LogP contribution in [0.2, 0.25) is 0 Å². The maximum absolute atomic E-state index is 13.0. The summed E-state index contributed by atoms with van der Waals surface area (Å²) in [6, 6.07) is 6.97. The summed E-state index contributed by atoms with van der Waals surface area (Å²) in [4.78, 5) is 49.8. The van der Waals surface area contributed by atoms with E-state index in [2.05, 4.69) is 5.32 Å². The largest absolute Gasteiger partial charge is 0.295 e. The van der Waals surface area contributed by atoms with Crippen LogP contribution < -0.4 is 5.32 Å². The molecular formula is C17H16N2O4. The minimum absolute atomic E-state index is 0.137. The normalized spacial score (nSPS) is 25.9. The van der Waals surface area contributed by atoms with Gasteiger partial charge in [-0.1, -0.05) is 24.3 Å². The highest BCUT2D eigenvalue weighted by atomic mass is 16.2. The molecular weight excluding hydrogens is 296 g/mol. The number of carbonyl (C=O) groups is 4. The Bertz CT molecular complexity index is 730. The van der Waals surface area contributed by atoms with Crippen molar-refractivity contribution in [2.24, 2.45) is 5.41 Å². The van der Waals surface area contributed by atoms with E-state index in [0.717, 1.165) is 16.0 Å². The van der Waals surface area contributed by atoms with Crippen LogP contribution in [0.3, 0.4) is 0 Å². The molecule has 1 aromatic carbocycles. The zero-order chi connectivity index (χ0) is 16.2. The molecule has 3 aliphatic rings. The Morgan fingerprint density at radius 1 is 1.00 bits per heavy atom. The summed E-state index contributed by atoms with van der Waals surface area (Å²) in [5.74, 6) is -1.48. The van der Waals surface area contributed by atoms with Gasteiger partial charge in [-0.25, -0.2) is 0 Å². The summed E-state index contributed by atoms with van der Waals surface area (Å²) in [6.45, 7) is 0. The van der Waals surface area contributed by atoms with Crippen LogP contribution >= 0.6 is 0 Å². The Kier molecular flexibility index (Phi) is 2.91. The quantitative estimate of drug-likeness (QED) is 0.758. The number of imide groups is 2. The highest BCUT2D eigenvalue weighted by molar-refractivity contribution is 6.11. The van der Waals surface area contributed by atoms with Crippen LogP contribution in [-0.4, -0.2) is 34.6 Å². The molecule has 0 saturated carbocycles. The molecule has 2 heterocycles. The number of hydrogen-bond donors (Lipinski definition) is 1. The molecule has 6 nitrogen and oxygen atoms in total. The monoisotopic (exact) mass is 312 g/mol. The minimum Gasteiger partial charge on any atom is -0.295 e. The van der Waals surface area contributed by atoms with Gasteiger partial charge in [0.05, 0.1) is 5.41 Å². The molecule has 2 saturated heterocycles. The number of hydrogen-bond acceptors (Lipinski definition) is 4. The van der Waals surface area contributed by atoms with Crippen molar-refractivity contribution in [2.45, 2.75) is 38.1 Å². The molecule has 1 atom stereocenters. The first-order chi connectivity index (χ1) is 11.0. The Morgan fingerprint density at radius 3 is 2.26 bits per heavy atom. The van der Waals surface area contributed by atoms with E-state index in [-0.39, 0.29) is 37.0 Å². The van der Waals surface area contributed by atoms with Gasteiger partial charge in [-0.15, -0.1) is 0 Å². The Labute approximate surface area is 132 Å². The average Bonchev–Trinajstić information content (AvgIpc) is 2.98. The highest BCUT2D eigenvalue weighted by Gasteiger charge is 2.57. The fourth-order valence-corrected chi connectivity index (χ4v) is 4.03. The fraction of sp³-hybridized carbons (Fsp3) is 0.412. The number of carbonyl (C=O) groups excluding carboxylic acids is 4. The van der Waals surface area contributed by atoms with Crippen molar-refractivity contribution in [3.05, 3.63) is 35.4 Å². The minimum atomic E-state index is -0.851. The fourth-order valence-electron chi connectivity index (χ4n) is 4.03. The summed E-state index contributed by atoms with van der Waals surface area (Å²) in [7, 11) is 0. The Balaban J connectivity index is 1.63. The zero-order valence-electron chi connectivity index (χ0n) is 12.5. The van der Waals surface area contributed by atoms with Crippen LogP contribution in [0.4, 0.5) is 0 Å². The number of likely N-dealkylation sites (tertiary alicyclic amines) is 1. The van der Waals surface area contributed by atoms with Gasteiger partial charge in [-0.2, -0.15) is 0 Å². The molecule has 118 valence electrons. The second kappa shape index (κ2) is 4.75. The number of fused-ring (bicyclic) bond motifs is 1. The van der Waals surface area contributed by atoms with Gasteiger partial charge in [0.1, 0.15) is 6.04 Å². The summed E-state index contributed by atoms with van der Waals surface area (Å²) in [5.41, 5.74) is 1.44. The van der Waals surface area contributed by atoms with Gasteiger partial charge in [0.2, 0.25) is 23.6 Å². The van der Waals surface area contributed by atoms with E-state index < -0.39 is 17.4 Å². The van der Waals surface area contributed by atoms with Crippen molar-refractivity contribution in [1.82, 2.24) is 10.2 Å². The Morgan fingerprint density at radius 2 is 1.65 bits per heavy atom. The number of amides is 4. The lowest BCUT2D eigenvalue weighted by molar-refractivity contribution is -0.152. The second-order valence-electron chi connectivity index (χ2n) is 6.62. The lowest BCUT2D eigenvalue weighted by Crippen LogP contribution is -2.55. The van der Waals surface area contributed by atoms with Gasteiger partial charge in [-0.05, 0) is 30.4 Å². The van der Waals surface area contributed by atoms with E-state index in [4.69, 9.17) is 0 Å². The van der Waals surface area contributed by atoms with Gasteiger partial charge < -0.3 is 0 Å². The van der Waals surface area contributed by atoms with E-state index in [9.17, 15) is 19.2 Å². The van der Waals surface area contributed by atoms with Crippen molar-refractivity contribution < 1.29 is 19.2 Å². The third-order valence-electron chi connectivity index (χ3n) is 5.13. The Hall–Kier alpha value is -2.50. The van der Waals surface area contributed by atoms with Crippen molar-refractivity contribution in [3.63, 3.8) is 0 Å². The van der Waals surface area contributed by atoms with Crippen LogP contribution in [0, 0.1) is 5.41 Å². The summed E-state index contributed by atoms with van der Waals surface area (Å²) in [6.07, 6.45) is 1.58. The van der Waals surface area contributed by atoms with Gasteiger partial charge in [0, 0.05) is 12.8 Å². The SMILES string of the molecule is O=C1CCC(N2C(=O)CC3(Cc4ccccc4C3)C2=O)C(=O)N1. The number of nitrogens with one attached hydrogen (secondary N) is 1. The summed E-state index contributed by atoms with van der Waals surface area (Å²) in [5, 5.41) is 2.22. The summed E-state index contributed by atoms with van der Waals surface area (Å²) < 4.78 is 0. The molecule has 0 aromatic heterocycles. The van der Waals surface area contributed by atoms with E-state index in [0.29, 0.717) is 12.8 Å². The summed E-state index contributed by atoms with van der Waals surface area (Å²) >= 11 is 0. The molecule has 6 heteroatoms. The van der Waals surface area contributed by atoms with Crippen molar-refractivity contribution >= 4 is 23.6 Å². The molecule has 0 bridgehead atoms. The number of benzene rings is 1. The van der Waals surface area contributed by atoms with Crippen LogP contribution in [-0.2, 0) is 32.0 Å². The first-order valence-electron chi connectivity index (χ1n) is 7.77. The number of rotatable bonds is 1. The van der Waals surface area contributed by atoms with E-state index in [1.165, 1.54) is 0 Å². The molecule has 1 N–H and O–H groups in total. The molecule has 4 amide bonds. The maximum Gasteiger partial charge on any atom is 0.249 e. The molecule has 1 aliphatic carbocycles. The van der Waals surface area contributed by atoms with Crippen molar-refractivity contribution in [2.75, 3.05) is 0 Å². The van der Waals surface area contributed by atoms with Crippen LogP contribution in [0.15, 0.2) is 24.3 Å². The number of piperidine rings is 1. The maximum atomic E-state index is 13.0. The molecule has 1 spiro atoms. The predicted octanol–water partition coefficient (Wildman–Crippen LogP) is 0.336. The third kappa shape index (κ3) is 2.01. The molecule has 2 aliphatic heterocycles. The van der Waals surface area contributed by atoms with Crippen molar-refractivity contribution in [3.8, 4) is 0 Å². The topological polar surface area (TPSA) is 83.6 Å². The second-order valence-corrected chi connectivity index (χ2v) is 6.62. The molecule has 4 rings (SSSR count). The molecule has 23 heavy (non-hydrogen) atoms. The van der Waals surface area contributed by atoms with Crippen molar-refractivity contribution in [1.29, 1.82) is 0 Å². The third-order valence-corrected chi connectivity index (χ3v) is 5.13. The van der Waals surface area contributed by atoms with Gasteiger partial charge in [-0.3, -0.25) is 29.4 Å². The first kappa shape index (κ1) is 14.1.